The van der Waals surface area contributed by atoms with Crippen LogP contribution in [0.5, 0.6) is 5.75 Å². The molecular weight excluding hydrogens is 551 g/mol. The molecule has 3 aromatic carbocycles. The fourth-order valence-corrected chi connectivity index (χ4v) is 6.79. The van der Waals surface area contributed by atoms with E-state index in [0.717, 1.165) is 40.5 Å². The van der Waals surface area contributed by atoms with E-state index in [2.05, 4.69) is 17.0 Å². The Kier molecular flexibility index (Phi) is 8.24. The maximum absolute atomic E-state index is 13.8. The standard InChI is InChI=1S/C29H29FN4O4S2/c1-3-38-24-9-4-21(5-10-24)19-31-34(29-32-26-13-8-23(30)18-27(26)39-29)28(35)22-6-11-25(12-7-22)40(36,37)33-16-14-20(2)15-17-33/h4-13,18-20H,3,14-17H2,1-2H3/b31-19+. The van der Waals surface area contributed by atoms with Crippen LogP contribution >= 0.6 is 11.3 Å². The lowest BCUT2D eigenvalue weighted by Gasteiger charge is -2.29. The number of rotatable bonds is 8. The number of benzene rings is 3. The summed E-state index contributed by atoms with van der Waals surface area (Å²) in [6.45, 7) is 5.54. The summed E-state index contributed by atoms with van der Waals surface area (Å²) in [6.07, 6.45) is 3.17. The minimum atomic E-state index is -3.65. The second-order valence-corrected chi connectivity index (χ2v) is 12.5. The Morgan fingerprint density at radius 3 is 2.50 bits per heavy atom. The zero-order valence-corrected chi connectivity index (χ0v) is 23.8. The van der Waals surface area contributed by atoms with Crippen molar-refractivity contribution in [2.75, 3.05) is 24.7 Å². The number of sulfonamides is 1. The van der Waals surface area contributed by atoms with Crippen LogP contribution in [0.4, 0.5) is 9.52 Å². The molecule has 1 amide bonds. The predicted octanol–water partition coefficient (Wildman–Crippen LogP) is 5.94. The summed E-state index contributed by atoms with van der Waals surface area (Å²) >= 11 is 1.13. The Labute approximate surface area is 236 Å². The van der Waals surface area contributed by atoms with Gasteiger partial charge in [-0.15, -0.1) is 0 Å². The number of thiazole rings is 1. The van der Waals surface area contributed by atoms with Crippen molar-refractivity contribution in [3.8, 4) is 5.75 Å². The molecule has 1 fully saturated rings. The Balaban J connectivity index is 1.44. The highest BCUT2D eigenvalue weighted by molar-refractivity contribution is 7.89. The summed E-state index contributed by atoms with van der Waals surface area (Å²) < 4.78 is 47.6. The molecule has 2 heterocycles. The van der Waals surface area contributed by atoms with Gasteiger partial charge in [-0.3, -0.25) is 4.79 Å². The van der Waals surface area contributed by atoms with Crippen molar-refractivity contribution < 1.29 is 22.3 Å². The van der Waals surface area contributed by atoms with Crippen LogP contribution in [0.2, 0.25) is 0 Å². The highest BCUT2D eigenvalue weighted by Crippen LogP contribution is 2.31. The lowest BCUT2D eigenvalue weighted by Crippen LogP contribution is -2.37. The number of carbonyl (C=O) groups excluding carboxylic acids is 1. The molecule has 0 bridgehead atoms. The van der Waals surface area contributed by atoms with E-state index in [0.29, 0.717) is 35.8 Å². The summed E-state index contributed by atoms with van der Waals surface area (Å²) in [5, 5.41) is 5.83. The second-order valence-electron chi connectivity index (χ2n) is 9.58. The highest BCUT2D eigenvalue weighted by Gasteiger charge is 2.29. The third-order valence-corrected chi connectivity index (χ3v) is 9.61. The minimum absolute atomic E-state index is 0.138. The molecule has 0 saturated carbocycles. The number of piperidine rings is 1. The molecular formula is C29H29FN4O4S2. The van der Waals surface area contributed by atoms with Gasteiger partial charge >= 0.3 is 0 Å². The third kappa shape index (κ3) is 6.06. The molecule has 8 nitrogen and oxygen atoms in total. The summed E-state index contributed by atoms with van der Waals surface area (Å²) in [7, 11) is -3.65. The van der Waals surface area contributed by atoms with E-state index in [4.69, 9.17) is 4.74 Å². The highest BCUT2D eigenvalue weighted by atomic mass is 32.2. The zero-order valence-electron chi connectivity index (χ0n) is 22.2. The third-order valence-electron chi connectivity index (χ3n) is 6.71. The summed E-state index contributed by atoms with van der Waals surface area (Å²) in [5.74, 6) is 0.311. The van der Waals surface area contributed by atoms with Crippen LogP contribution in [0.25, 0.3) is 10.2 Å². The molecule has 0 unspecified atom stereocenters. The lowest BCUT2D eigenvalue weighted by atomic mass is 10.0. The van der Waals surface area contributed by atoms with E-state index in [-0.39, 0.29) is 15.6 Å². The quantitative estimate of drug-likeness (QED) is 0.190. The van der Waals surface area contributed by atoms with Gasteiger partial charge in [-0.1, -0.05) is 18.3 Å². The van der Waals surface area contributed by atoms with Crippen molar-refractivity contribution in [1.29, 1.82) is 0 Å². The van der Waals surface area contributed by atoms with Gasteiger partial charge in [0.05, 0.1) is 27.9 Å². The van der Waals surface area contributed by atoms with Gasteiger partial charge in [-0.05, 0) is 98.0 Å². The van der Waals surface area contributed by atoms with Crippen molar-refractivity contribution in [1.82, 2.24) is 9.29 Å². The Bertz CT molecular complexity index is 1630. The Hall–Kier alpha value is -3.67. The molecule has 0 spiro atoms. The summed E-state index contributed by atoms with van der Waals surface area (Å²) in [5.41, 5.74) is 1.50. The first-order chi connectivity index (χ1) is 19.2. The van der Waals surface area contributed by atoms with Crippen molar-refractivity contribution in [2.45, 2.75) is 31.6 Å². The van der Waals surface area contributed by atoms with E-state index in [1.54, 1.807) is 18.2 Å². The molecule has 11 heteroatoms. The average molecular weight is 581 g/mol. The first-order valence-corrected chi connectivity index (χ1v) is 15.3. The number of fused-ring (bicyclic) bond motifs is 1. The second kappa shape index (κ2) is 11.8. The van der Waals surface area contributed by atoms with Crippen LogP contribution in [0.15, 0.2) is 76.7 Å². The van der Waals surface area contributed by atoms with Crippen LogP contribution in [0.1, 0.15) is 42.6 Å². The topological polar surface area (TPSA) is 92.2 Å². The SMILES string of the molecule is CCOc1ccc(/C=N/N(C(=O)c2ccc(S(=O)(=O)N3CCC(C)CC3)cc2)c2nc3ccc(F)cc3s2)cc1. The maximum atomic E-state index is 13.8. The normalized spacial score (nSPS) is 15.1. The summed E-state index contributed by atoms with van der Waals surface area (Å²) in [4.78, 5) is 18.3. The molecule has 1 aromatic heterocycles. The van der Waals surface area contributed by atoms with E-state index in [1.807, 2.05) is 19.1 Å². The first-order valence-electron chi connectivity index (χ1n) is 13.0. The van der Waals surface area contributed by atoms with Crippen molar-refractivity contribution in [2.24, 2.45) is 11.0 Å². The number of anilines is 1. The monoisotopic (exact) mass is 580 g/mol. The number of carbonyl (C=O) groups is 1. The number of hydrogen-bond acceptors (Lipinski definition) is 7. The molecule has 0 atom stereocenters. The average Bonchev–Trinajstić information content (AvgIpc) is 3.37. The first kappa shape index (κ1) is 27.9. The Morgan fingerprint density at radius 2 is 1.82 bits per heavy atom. The number of nitrogens with zero attached hydrogens (tertiary/aromatic N) is 4. The van der Waals surface area contributed by atoms with Gasteiger partial charge in [0.1, 0.15) is 11.6 Å². The number of hydrogen-bond donors (Lipinski definition) is 0. The molecule has 1 aliphatic heterocycles. The van der Waals surface area contributed by atoms with Crippen molar-refractivity contribution >= 4 is 48.8 Å². The lowest BCUT2D eigenvalue weighted by molar-refractivity contribution is 0.0987. The minimum Gasteiger partial charge on any atom is -0.494 e. The van der Waals surface area contributed by atoms with E-state index in [1.165, 1.54) is 46.9 Å². The number of hydrazone groups is 1. The van der Waals surface area contributed by atoms with E-state index in [9.17, 15) is 17.6 Å². The molecule has 4 aromatic rings. The fourth-order valence-electron chi connectivity index (χ4n) is 4.37. The number of halogens is 1. The number of aromatic nitrogens is 1. The Morgan fingerprint density at radius 1 is 1.12 bits per heavy atom. The molecule has 208 valence electrons. The van der Waals surface area contributed by atoms with Gasteiger partial charge in [-0.25, -0.2) is 17.8 Å². The summed E-state index contributed by atoms with van der Waals surface area (Å²) in [6, 6.07) is 17.3. The molecule has 0 aliphatic carbocycles. The van der Waals surface area contributed by atoms with Crippen LogP contribution in [-0.4, -0.2) is 49.5 Å². The van der Waals surface area contributed by atoms with E-state index < -0.39 is 21.7 Å². The molecule has 5 rings (SSSR count). The largest absolute Gasteiger partial charge is 0.494 e. The van der Waals surface area contributed by atoms with E-state index >= 15 is 0 Å². The molecule has 40 heavy (non-hydrogen) atoms. The van der Waals surface area contributed by atoms with Crippen LogP contribution in [0.3, 0.4) is 0 Å². The molecule has 1 saturated heterocycles. The number of ether oxygens (including phenoxy) is 1. The smallest absolute Gasteiger partial charge is 0.280 e. The van der Waals surface area contributed by atoms with Crippen molar-refractivity contribution in [3.05, 3.63) is 83.7 Å². The molecule has 0 N–H and O–H groups in total. The van der Waals surface area contributed by atoms with Crippen LogP contribution < -0.4 is 9.75 Å². The zero-order chi connectivity index (χ0) is 28.3. The van der Waals surface area contributed by atoms with Gasteiger partial charge in [0.15, 0.2) is 0 Å². The van der Waals surface area contributed by atoms with Crippen LogP contribution in [-0.2, 0) is 10.0 Å². The van der Waals surface area contributed by atoms with Crippen molar-refractivity contribution in [3.63, 3.8) is 0 Å². The maximum Gasteiger partial charge on any atom is 0.280 e. The molecule has 1 aliphatic rings. The van der Waals surface area contributed by atoms with Crippen LogP contribution in [0, 0.1) is 11.7 Å². The number of amides is 1. The van der Waals surface area contributed by atoms with Gasteiger partial charge < -0.3 is 4.74 Å². The van der Waals surface area contributed by atoms with Gasteiger partial charge in [0.2, 0.25) is 15.2 Å². The fraction of sp³-hybridized carbons (Fsp3) is 0.276. The molecule has 0 radical (unpaired) electrons. The van der Waals surface area contributed by atoms with Gasteiger partial charge in [0, 0.05) is 18.7 Å². The predicted molar refractivity (Wildman–Crippen MR) is 155 cm³/mol. The van der Waals surface area contributed by atoms with Gasteiger partial charge in [0.25, 0.3) is 5.91 Å². The van der Waals surface area contributed by atoms with Gasteiger partial charge in [-0.2, -0.15) is 14.4 Å².